The minimum Gasteiger partial charge on any atom is -0.487 e. The molecule has 110 valence electrons. The molecule has 1 aromatic rings. The van der Waals surface area contributed by atoms with Crippen LogP contribution in [-0.4, -0.2) is 5.60 Å². The molecule has 1 nitrogen and oxygen atoms in total. The third-order valence-corrected chi connectivity index (χ3v) is 5.67. The van der Waals surface area contributed by atoms with E-state index in [1.807, 2.05) is 0 Å². The standard InChI is InChI=1S/C19H28O/c1-13-8-10-19(11-9-13)12-18(4,5)16-7-6-14(2)15(3)17(16)20-19/h6-7,13H,8-12H2,1-5H3. The highest BCUT2D eigenvalue weighted by molar-refractivity contribution is 5.50. The molecule has 1 heteroatoms. The summed E-state index contributed by atoms with van der Waals surface area (Å²) in [5.74, 6) is 2.06. The minimum atomic E-state index is 0.0988. The second kappa shape index (κ2) is 4.51. The van der Waals surface area contributed by atoms with E-state index in [2.05, 4.69) is 46.8 Å². The number of hydrogen-bond acceptors (Lipinski definition) is 1. The number of aryl methyl sites for hydroxylation is 1. The first-order chi connectivity index (χ1) is 9.33. The molecule has 2 aliphatic rings. The first-order valence-corrected chi connectivity index (χ1v) is 8.13. The molecule has 0 aromatic heterocycles. The van der Waals surface area contributed by atoms with Gasteiger partial charge in [0.2, 0.25) is 0 Å². The van der Waals surface area contributed by atoms with Crippen molar-refractivity contribution < 1.29 is 4.74 Å². The molecule has 0 radical (unpaired) electrons. The predicted molar refractivity (Wildman–Crippen MR) is 84.6 cm³/mol. The molecule has 3 rings (SSSR count). The molecule has 1 heterocycles. The maximum absolute atomic E-state index is 6.66. The molecule has 1 fully saturated rings. The lowest BCUT2D eigenvalue weighted by molar-refractivity contribution is -0.0226. The van der Waals surface area contributed by atoms with Crippen molar-refractivity contribution in [3.8, 4) is 5.75 Å². The van der Waals surface area contributed by atoms with Crippen LogP contribution in [0, 0.1) is 19.8 Å². The van der Waals surface area contributed by atoms with Gasteiger partial charge in [-0.1, -0.05) is 32.9 Å². The number of rotatable bonds is 0. The molecule has 0 bridgehead atoms. The number of ether oxygens (including phenoxy) is 1. The first-order valence-electron chi connectivity index (χ1n) is 8.13. The zero-order valence-corrected chi connectivity index (χ0v) is 13.7. The Kier molecular flexibility index (Phi) is 3.15. The van der Waals surface area contributed by atoms with E-state index < -0.39 is 0 Å². The van der Waals surface area contributed by atoms with Gasteiger partial charge >= 0.3 is 0 Å². The number of benzene rings is 1. The van der Waals surface area contributed by atoms with E-state index in [1.54, 1.807) is 0 Å². The second-order valence-corrected chi connectivity index (χ2v) is 7.91. The van der Waals surface area contributed by atoms with Crippen LogP contribution in [0.2, 0.25) is 0 Å². The fourth-order valence-corrected chi connectivity index (χ4v) is 4.17. The molecular weight excluding hydrogens is 244 g/mol. The van der Waals surface area contributed by atoms with E-state index in [0.717, 1.165) is 5.92 Å². The lowest BCUT2D eigenvalue weighted by atomic mass is 9.66. The molecule has 1 spiro atoms. The van der Waals surface area contributed by atoms with Crippen molar-refractivity contribution in [2.45, 2.75) is 77.7 Å². The molecule has 1 saturated carbocycles. The molecule has 1 aliphatic heterocycles. The van der Waals surface area contributed by atoms with Gasteiger partial charge in [-0.25, -0.2) is 0 Å². The van der Waals surface area contributed by atoms with Gasteiger partial charge in [0, 0.05) is 5.56 Å². The van der Waals surface area contributed by atoms with E-state index in [1.165, 1.54) is 54.5 Å². The Morgan fingerprint density at radius 1 is 1.10 bits per heavy atom. The molecular formula is C19H28O. The summed E-state index contributed by atoms with van der Waals surface area (Å²) < 4.78 is 6.66. The number of hydrogen-bond donors (Lipinski definition) is 0. The minimum absolute atomic E-state index is 0.0988. The maximum atomic E-state index is 6.66. The van der Waals surface area contributed by atoms with E-state index in [4.69, 9.17) is 4.74 Å². The summed E-state index contributed by atoms with van der Waals surface area (Å²) in [6.45, 7) is 11.6. The van der Waals surface area contributed by atoms with Crippen molar-refractivity contribution in [1.29, 1.82) is 0 Å². The van der Waals surface area contributed by atoms with Gasteiger partial charge in [0.1, 0.15) is 11.4 Å². The molecule has 0 N–H and O–H groups in total. The highest BCUT2D eigenvalue weighted by Gasteiger charge is 2.46. The molecule has 0 atom stereocenters. The first kappa shape index (κ1) is 14.0. The van der Waals surface area contributed by atoms with Crippen LogP contribution in [0.3, 0.4) is 0 Å². The van der Waals surface area contributed by atoms with Crippen molar-refractivity contribution in [3.05, 3.63) is 28.8 Å². The van der Waals surface area contributed by atoms with E-state index in [0.29, 0.717) is 0 Å². The summed E-state index contributed by atoms with van der Waals surface area (Å²) in [5.41, 5.74) is 4.42. The normalized spacial score (nSPS) is 31.8. The van der Waals surface area contributed by atoms with E-state index in [9.17, 15) is 0 Å². The van der Waals surface area contributed by atoms with Crippen molar-refractivity contribution in [1.82, 2.24) is 0 Å². The summed E-state index contributed by atoms with van der Waals surface area (Å²) >= 11 is 0. The van der Waals surface area contributed by atoms with Crippen LogP contribution >= 0.6 is 0 Å². The van der Waals surface area contributed by atoms with Crippen LogP contribution in [0.4, 0.5) is 0 Å². The van der Waals surface area contributed by atoms with Gasteiger partial charge in [0.05, 0.1) is 0 Å². The Morgan fingerprint density at radius 3 is 2.40 bits per heavy atom. The van der Waals surface area contributed by atoms with Gasteiger partial charge in [-0.15, -0.1) is 0 Å². The maximum Gasteiger partial charge on any atom is 0.127 e. The van der Waals surface area contributed by atoms with Gasteiger partial charge in [0.15, 0.2) is 0 Å². The van der Waals surface area contributed by atoms with E-state index >= 15 is 0 Å². The Morgan fingerprint density at radius 2 is 1.75 bits per heavy atom. The largest absolute Gasteiger partial charge is 0.487 e. The lowest BCUT2D eigenvalue weighted by Crippen LogP contribution is -2.48. The fourth-order valence-electron chi connectivity index (χ4n) is 4.17. The SMILES string of the molecule is Cc1ccc2c(c1C)OC1(CCC(C)CC1)CC2(C)C. The molecule has 0 amide bonds. The predicted octanol–water partition coefficient (Wildman–Crippen LogP) is 5.31. The Labute approximate surface area is 123 Å². The van der Waals surface area contributed by atoms with Crippen LogP contribution in [-0.2, 0) is 5.41 Å². The average Bonchev–Trinajstić information content (AvgIpc) is 2.38. The third-order valence-electron chi connectivity index (χ3n) is 5.67. The molecule has 0 saturated heterocycles. The van der Waals surface area contributed by atoms with Gasteiger partial charge in [-0.2, -0.15) is 0 Å². The zero-order chi connectivity index (χ0) is 14.5. The van der Waals surface area contributed by atoms with Crippen LogP contribution in [0.1, 0.15) is 69.6 Å². The van der Waals surface area contributed by atoms with Crippen molar-refractivity contribution in [3.63, 3.8) is 0 Å². The molecule has 1 aromatic carbocycles. The van der Waals surface area contributed by atoms with Gasteiger partial charge in [0.25, 0.3) is 0 Å². The van der Waals surface area contributed by atoms with Crippen LogP contribution in [0.5, 0.6) is 5.75 Å². The van der Waals surface area contributed by atoms with Gasteiger partial charge < -0.3 is 4.74 Å². The summed E-state index contributed by atoms with van der Waals surface area (Å²) in [7, 11) is 0. The summed E-state index contributed by atoms with van der Waals surface area (Å²) in [6.07, 6.45) is 6.25. The Bertz CT molecular complexity index is 519. The molecule has 20 heavy (non-hydrogen) atoms. The van der Waals surface area contributed by atoms with Gasteiger partial charge in [-0.05, 0) is 68.4 Å². The number of fused-ring (bicyclic) bond motifs is 1. The summed E-state index contributed by atoms with van der Waals surface area (Å²) in [4.78, 5) is 0. The summed E-state index contributed by atoms with van der Waals surface area (Å²) in [6, 6.07) is 4.54. The van der Waals surface area contributed by atoms with E-state index in [-0.39, 0.29) is 11.0 Å². The summed E-state index contributed by atoms with van der Waals surface area (Å²) in [5, 5.41) is 0. The second-order valence-electron chi connectivity index (χ2n) is 7.91. The Hall–Kier alpha value is -0.980. The van der Waals surface area contributed by atoms with Crippen LogP contribution in [0.25, 0.3) is 0 Å². The highest BCUT2D eigenvalue weighted by atomic mass is 16.5. The van der Waals surface area contributed by atoms with Crippen LogP contribution < -0.4 is 4.74 Å². The third kappa shape index (κ3) is 2.16. The molecule has 1 aliphatic carbocycles. The zero-order valence-electron chi connectivity index (χ0n) is 13.7. The smallest absolute Gasteiger partial charge is 0.127 e. The average molecular weight is 272 g/mol. The fraction of sp³-hybridized carbons (Fsp3) is 0.684. The highest BCUT2D eigenvalue weighted by Crippen LogP contribution is 2.51. The monoisotopic (exact) mass is 272 g/mol. The topological polar surface area (TPSA) is 9.23 Å². The lowest BCUT2D eigenvalue weighted by Gasteiger charge is -2.49. The van der Waals surface area contributed by atoms with Crippen LogP contribution in [0.15, 0.2) is 12.1 Å². The van der Waals surface area contributed by atoms with Gasteiger partial charge in [-0.3, -0.25) is 0 Å². The van der Waals surface area contributed by atoms with Crippen molar-refractivity contribution in [2.24, 2.45) is 5.92 Å². The van der Waals surface area contributed by atoms with Crippen molar-refractivity contribution >= 4 is 0 Å². The molecule has 0 unspecified atom stereocenters. The van der Waals surface area contributed by atoms with Crippen molar-refractivity contribution in [2.75, 3.05) is 0 Å². The Balaban J connectivity index is 2.04. The quantitative estimate of drug-likeness (QED) is 0.621.